The van der Waals surface area contributed by atoms with Crippen LogP contribution in [0.4, 0.5) is 0 Å². The maximum absolute atomic E-state index is 12.1. The Bertz CT molecular complexity index is 564. The minimum Gasteiger partial charge on any atom is -0.478 e. The van der Waals surface area contributed by atoms with Crippen molar-refractivity contribution in [2.75, 3.05) is 25.4 Å². The maximum atomic E-state index is 12.1. The van der Waals surface area contributed by atoms with Crippen LogP contribution in [-0.2, 0) is 29.3 Å². The van der Waals surface area contributed by atoms with Gasteiger partial charge < -0.3 is 14.6 Å². The Kier molecular flexibility index (Phi) is 3.88. The topological polar surface area (TPSA) is 72.8 Å². The smallest absolute Gasteiger partial charge is 0.347 e. The molecular weight excluding hydrogens is 280 g/mol. The van der Waals surface area contributed by atoms with E-state index in [2.05, 4.69) is 4.74 Å². The van der Waals surface area contributed by atoms with Gasteiger partial charge in [-0.3, -0.25) is 0 Å². The molecule has 2 unspecified atom stereocenters. The first-order valence-electron chi connectivity index (χ1n) is 6.23. The van der Waals surface area contributed by atoms with Crippen LogP contribution in [0.15, 0.2) is 24.3 Å². The molecule has 2 atom stereocenters. The van der Waals surface area contributed by atoms with Crippen molar-refractivity contribution in [1.82, 2.24) is 0 Å². The van der Waals surface area contributed by atoms with E-state index in [1.807, 2.05) is 0 Å². The summed E-state index contributed by atoms with van der Waals surface area (Å²) in [6, 6.07) is 6.95. The van der Waals surface area contributed by atoms with E-state index in [9.17, 15) is 14.1 Å². The Morgan fingerprint density at radius 2 is 2.15 bits per heavy atom. The molecule has 1 aromatic rings. The van der Waals surface area contributed by atoms with Crippen molar-refractivity contribution in [3.05, 3.63) is 29.8 Å². The molecule has 6 heteroatoms. The highest BCUT2D eigenvalue weighted by Gasteiger charge is 2.47. The molecule has 0 saturated heterocycles. The lowest BCUT2D eigenvalue weighted by Crippen LogP contribution is -2.47. The van der Waals surface area contributed by atoms with Gasteiger partial charge >= 0.3 is 5.97 Å². The van der Waals surface area contributed by atoms with Crippen LogP contribution in [0.25, 0.3) is 0 Å². The van der Waals surface area contributed by atoms with Crippen LogP contribution in [0.5, 0.6) is 5.75 Å². The summed E-state index contributed by atoms with van der Waals surface area (Å²) in [5, 5.41) is 10.9. The first-order chi connectivity index (χ1) is 9.25. The van der Waals surface area contributed by atoms with E-state index in [0.29, 0.717) is 11.3 Å². The summed E-state index contributed by atoms with van der Waals surface area (Å²) in [5.41, 5.74) is -0.787. The monoisotopic (exact) mass is 299 g/mol. The van der Waals surface area contributed by atoms with E-state index in [1.165, 1.54) is 7.11 Å². The van der Waals surface area contributed by atoms with Gasteiger partial charge in [0, 0.05) is 12.0 Å². The van der Waals surface area contributed by atoms with Gasteiger partial charge in [0.05, 0.1) is 17.0 Å². The molecule has 5 nitrogen and oxygen atoms in total. The molecule has 0 aliphatic carbocycles. The fourth-order valence-corrected chi connectivity index (χ4v) is 3.96. The third kappa shape index (κ3) is 3.02. The molecule has 0 bridgehead atoms. The lowest BCUT2D eigenvalue weighted by atomic mass is 9.86. The average Bonchev–Trinajstić information content (AvgIpc) is 2.35. The molecule has 1 aliphatic rings. The Hall–Kier alpha value is -1.40. The van der Waals surface area contributed by atoms with Gasteiger partial charge in [-0.1, -0.05) is 18.2 Å². The number of methoxy groups -OCH3 is 1. The Morgan fingerprint density at radius 1 is 1.50 bits per heavy atom. The minimum absolute atomic E-state index is 0.0371. The van der Waals surface area contributed by atoms with Crippen molar-refractivity contribution in [1.29, 1.82) is 0 Å². The highest BCUT2D eigenvalue weighted by Crippen LogP contribution is 2.40. The lowest BCUT2D eigenvalue weighted by molar-refractivity contribution is -0.153. The molecule has 0 amide bonds. The molecule has 1 aliphatic heterocycles. The largest absolute Gasteiger partial charge is 0.478 e. The number of aliphatic hydroxyl groups is 1. The van der Waals surface area contributed by atoms with Crippen molar-refractivity contribution in [3.63, 3.8) is 0 Å². The lowest BCUT2D eigenvalue weighted by Gasteiger charge is -2.36. The van der Waals surface area contributed by atoms with E-state index < -0.39 is 27.6 Å². The van der Waals surface area contributed by atoms with Crippen LogP contribution in [0.2, 0.25) is 0 Å². The van der Waals surface area contributed by atoms with Gasteiger partial charge in [-0.15, -0.1) is 4.21 Å². The second-order valence-corrected chi connectivity index (χ2v) is 8.60. The summed E-state index contributed by atoms with van der Waals surface area (Å²) < 4.78 is 22.3. The van der Waals surface area contributed by atoms with Gasteiger partial charge in [-0.05, 0) is 6.07 Å². The van der Waals surface area contributed by atoms with Gasteiger partial charge in [0.1, 0.15) is 29.6 Å². The number of rotatable bonds is 3. The minimum atomic E-state index is -2.19. The molecule has 0 fully saturated rings. The molecule has 0 saturated carbocycles. The molecule has 0 aromatic heterocycles. The first-order valence-corrected chi connectivity index (χ1v) is 8.78. The number of para-hydroxylation sites is 1. The standard InChI is InChI=1S/C14H19O5S/c1-18-13(15)12-8-14(16,9-20(2,3)17)10-6-4-5-7-11(10)19-12/h4-7,12,16H,8-9H2,1-3H3/q+1. The van der Waals surface area contributed by atoms with E-state index in [4.69, 9.17) is 4.74 Å². The number of hydrogen-bond acceptors (Lipinski definition) is 5. The maximum Gasteiger partial charge on any atom is 0.347 e. The number of carbonyl (C=O) groups excluding carboxylic acids is 1. The van der Waals surface area contributed by atoms with Crippen LogP contribution < -0.4 is 4.74 Å². The molecule has 2 rings (SSSR count). The molecular formula is C14H19O5S+. The number of benzene rings is 1. The first kappa shape index (κ1) is 15.0. The van der Waals surface area contributed by atoms with Crippen molar-refractivity contribution in [2.24, 2.45) is 0 Å². The molecule has 1 N–H and O–H groups in total. The predicted octanol–water partition coefficient (Wildman–Crippen LogP) is 0.957. The SMILES string of the molecule is COC(=O)C1CC(O)(C[S+](C)(C)=O)c2ccccc2O1. The predicted molar refractivity (Wildman–Crippen MR) is 76.2 cm³/mol. The summed E-state index contributed by atoms with van der Waals surface area (Å²) in [6.07, 6.45) is 2.34. The molecule has 20 heavy (non-hydrogen) atoms. The second kappa shape index (κ2) is 5.18. The Morgan fingerprint density at radius 3 is 2.75 bits per heavy atom. The molecule has 1 aromatic carbocycles. The fourth-order valence-electron chi connectivity index (χ4n) is 2.54. The van der Waals surface area contributed by atoms with Gasteiger partial charge in [0.2, 0.25) is 0 Å². The van der Waals surface area contributed by atoms with E-state index in [-0.39, 0.29) is 12.2 Å². The number of ether oxygens (including phenoxy) is 2. The zero-order valence-corrected chi connectivity index (χ0v) is 12.6. The Labute approximate surface area is 119 Å². The van der Waals surface area contributed by atoms with Crippen molar-refractivity contribution >= 4 is 15.9 Å². The van der Waals surface area contributed by atoms with Crippen LogP contribution in [-0.4, -0.2) is 42.6 Å². The van der Waals surface area contributed by atoms with Gasteiger partial charge in [-0.2, -0.15) is 0 Å². The number of fused-ring (bicyclic) bond motifs is 1. The highest BCUT2D eigenvalue weighted by molar-refractivity contribution is 8.01. The van der Waals surface area contributed by atoms with Crippen LogP contribution in [0, 0.1) is 0 Å². The van der Waals surface area contributed by atoms with Crippen LogP contribution >= 0.6 is 0 Å². The number of esters is 1. The van der Waals surface area contributed by atoms with Gasteiger partial charge in [0.25, 0.3) is 0 Å². The molecule has 1 heterocycles. The molecule has 110 valence electrons. The number of hydrogen-bond donors (Lipinski definition) is 1. The summed E-state index contributed by atoms with van der Waals surface area (Å²) >= 11 is 0. The average molecular weight is 299 g/mol. The third-order valence-corrected chi connectivity index (χ3v) is 4.40. The zero-order chi connectivity index (χ0) is 15.0. The van der Waals surface area contributed by atoms with Crippen LogP contribution in [0.1, 0.15) is 12.0 Å². The van der Waals surface area contributed by atoms with E-state index >= 15 is 0 Å². The molecule has 0 radical (unpaired) electrons. The van der Waals surface area contributed by atoms with Crippen molar-refractivity contribution in [3.8, 4) is 5.75 Å². The Balaban J connectivity index is 2.44. The van der Waals surface area contributed by atoms with E-state index in [0.717, 1.165) is 0 Å². The normalized spacial score (nSPS) is 25.5. The molecule has 0 spiro atoms. The van der Waals surface area contributed by atoms with Crippen LogP contribution in [0.3, 0.4) is 0 Å². The fraction of sp³-hybridized carbons (Fsp3) is 0.500. The second-order valence-electron chi connectivity index (χ2n) is 5.44. The summed E-state index contributed by atoms with van der Waals surface area (Å²) in [4.78, 5) is 11.7. The summed E-state index contributed by atoms with van der Waals surface area (Å²) in [5.74, 6) is -0.0367. The summed E-state index contributed by atoms with van der Waals surface area (Å²) in [7, 11) is -0.917. The third-order valence-electron chi connectivity index (χ3n) is 3.23. The van der Waals surface area contributed by atoms with E-state index in [1.54, 1.807) is 36.8 Å². The highest BCUT2D eigenvalue weighted by atomic mass is 32.2. The van der Waals surface area contributed by atoms with Crippen molar-refractivity contribution in [2.45, 2.75) is 18.1 Å². The number of carbonyl (C=O) groups is 1. The quantitative estimate of drug-likeness (QED) is 0.665. The van der Waals surface area contributed by atoms with Crippen molar-refractivity contribution < 1.29 is 23.6 Å². The zero-order valence-electron chi connectivity index (χ0n) is 11.8. The van der Waals surface area contributed by atoms with Gasteiger partial charge in [-0.25, -0.2) is 4.79 Å². The summed E-state index contributed by atoms with van der Waals surface area (Å²) in [6.45, 7) is 0. The van der Waals surface area contributed by atoms with Gasteiger partial charge in [0.15, 0.2) is 6.10 Å².